The van der Waals surface area contributed by atoms with Crippen LogP contribution in [0.5, 0.6) is 0 Å². The van der Waals surface area contributed by atoms with Gasteiger partial charge in [0.1, 0.15) is 34.3 Å². The quantitative estimate of drug-likeness (QED) is 0.203. The average Bonchev–Trinajstić information content (AvgIpc) is 3.78. The molecule has 10 aromatic rings. The van der Waals surface area contributed by atoms with Crippen LogP contribution in [0.4, 0.5) is 0 Å². The second-order valence-corrected chi connectivity index (χ2v) is 13.4. The molecule has 0 saturated heterocycles. The second-order valence-electron chi connectivity index (χ2n) is 13.4. The molecule has 0 aliphatic carbocycles. The summed E-state index contributed by atoms with van der Waals surface area (Å²) in [6.07, 6.45) is -0.335. The Hall–Kier alpha value is -6.98. The lowest BCUT2D eigenvalue weighted by molar-refractivity contribution is 0.668. The van der Waals surface area contributed by atoms with Crippen LogP contribution in [0.15, 0.2) is 183 Å². The Morgan fingerprint density at radius 3 is 2.00 bits per heavy atom. The molecule has 1 aliphatic heterocycles. The maximum Gasteiger partial charge on any atom is 0.159 e. The number of aliphatic imine (C=N–C) groups is 2. The first-order valence-electron chi connectivity index (χ1n) is 17.5. The first-order valence-corrected chi connectivity index (χ1v) is 17.5. The number of amidine groups is 2. The zero-order chi connectivity index (χ0) is 34.2. The van der Waals surface area contributed by atoms with Gasteiger partial charge in [-0.05, 0) is 92.8 Å². The van der Waals surface area contributed by atoms with Crippen LogP contribution >= 0.6 is 0 Å². The molecule has 1 N–H and O–H groups in total. The lowest BCUT2D eigenvalue weighted by Gasteiger charge is -2.24. The maximum atomic E-state index is 6.22. The third-order valence-corrected chi connectivity index (χ3v) is 10.3. The van der Waals surface area contributed by atoms with E-state index in [2.05, 4.69) is 127 Å². The molecule has 244 valence electrons. The zero-order valence-electron chi connectivity index (χ0n) is 27.9. The molecule has 0 spiro atoms. The Labute approximate surface area is 298 Å². The van der Waals surface area contributed by atoms with Crippen molar-refractivity contribution in [3.05, 3.63) is 180 Å². The lowest BCUT2D eigenvalue weighted by Crippen LogP contribution is -2.33. The van der Waals surface area contributed by atoms with Gasteiger partial charge in [0.25, 0.3) is 0 Å². The van der Waals surface area contributed by atoms with Crippen LogP contribution in [0, 0.1) is 0 Å². The lowest BCUT2D eigenvalue weighted by atomic mass is 9.96. The van der Waals surface area contributed by atoms with Crippen molar-refractivity contribution in [2.24, 2.45) is 9.98 Å². The maximum absolute atomic E-state index is 6.22. The van der Waals surface area contributed by atoms with Crippen LogP contribution in [-0.4, -0.2) is 11.7 Å². The third-order valence-electron chi connectivity index (χ3n) is 10.3. The summed E-state index contributed by atoms with van der Waals surface area (Å²) in [7, 11) is 0. The van der Waals surface area contributed by atoms with Crippen LogP contribution in [0.3, 0.4) is 0 Å². The third kappa shape index (κ3) is 4.63. The fraction of sp³-hybridized carbons (Fsp3) is 0.0213. The van der Waals surface area contributed by atoms with Crippen LogP contribution < -0.4 is 5.32 Å². The summed E-state index contributed by atoms with van der Waals surface area (Å²) in [6, 6.07) is 57.1. The van der Waals surface area contributed by atoms with E-state index in [1.165, 1.54) is 10.8 Å². The van der Waals surface area contributed by atoms with E-state index in [-0.39, 0.29) is 6.17 Å². The van der Waals surface area contributed by atoms with Crippen molar-refractivity contribution >= 4 is 77.1 Å². The minimum atomic E-state index is -0.335. The molecule has 0 bridgehead atoms. The highest BCUT2D eigenvalue weighted by molar-refractivity contribution is 6.17. The topological polar surface area (TPSA) is 63.0 Å². The molecule has 0 amide bonds. The molecule has 11 rings (SSSR count). The summed E-state index contributed by atoms with van der Waals surface area (Å²) >= 11 is 0. The highest BCUT2D eigenvalue weighted by atomic mass is 16.3. The first kappa shape index (κ1) is 28.8. The summed E-state index contributed by atoms with van der Waals surface area (Å²) in [4.78, 5) is 10.4. The number of furan rings is 2. The highest BCUT2D eigenvalue weighted by Gasteiger charge is 2.23. The van der Waals surface area contributed by atoms with Gasteiger partial charge in [-0.25, -0.2) is 9.98 Å². The van der Waals surface area contributed by atoms with Crippen LogP contribution in [-0.2, 0) is 0 Å². The average molecular weight is 668 g/mol. The second kappa shape index (κ2) is 11.3. The molecule has 52 heavy (non-hydrogen) atoms. The van der Waals surface area contributed by atoms with E-state index in [9.17, 15) is 0 Å². The standard InChI is InChI=1S/C47H29N3O2/c1-2-9-30-24-32(20-17-28(30)8-1)45-48-46(50-47(49-45)34-22-23-42-39(27-34)37-10-3-5-13-40(37)51-42)33-21-18-29-16-19-31(25-35(29)26-33)36-12-7-15-43-44(36)38-11-4-6-14-41(38)52-43/h1-27,45H,(H,48,49,50). The van der Waals surface area contributed by atoms with Gasteiger partial charge in [0, 0.05) is 32.7 Å². The summed E-state index contributed by atoms with van der Waals surface area (Å²) in [5.41, 5.74) is 8.79. The van der Waals surface area contributed by atoms with Crippen molar-refractivity contribution in [3.63, 3.8) is 0 Å². The Kier molecular flexibility index (Phi) is 6.25. The molecular weight excluding hydrogens is 639 g/mol. The molecule has 1 aliphatic rings. The minimum absolute atomic E-state index is 0.335. The van der Waals surface area contributed by atoms with Gasteiger partial charge in [-0.3, -0.25) is 0 Å². The van der Waals surface area contributed by atoms with E-state index in [4.69, 9.17) is 18.8 Å². The SMILES string of the molecule is c1ccc2cc(C3N=C(c4ccc5oc6ccccc6c5c4)N=C(c4ccc5ccc(-c6cccc7oc8ccccc8c67)cc5c4)N3)ccc2c1. The fourth-order valence-corrected chi connectivity index (χ4v) is 7.72. The van der Waals surface area contributed by atoms with Gasteiger partial charge in [0.2, 0.25) is 0 Å². The summed E-state index contributed by atoms with van der Waals surface area (Å²) in [5, 5.41) is 12.7. The Morgan fingerprint density at radius 1 is 0.442 bits per heavy atom. The largest absolute Gasteiger partial charge is 0.456 e. The van der Waals surface area contributed by atoms with E-state index >= 15 is 0 Å². The number of hydrogen-bond donors (Lipinski definition) is 1. The van der Waals surface area contributed by atoms with Gasteiger partial charge in [0.15, 0.2) is 5.84 Å². The number of rotatable bonds is 4. The number of nitrogens with one attached hydrogen (secondary N) is 1. The summed E-state index contributed by atoms with van der Waals surface area (Å²) in [6.45, 7) is 0. The molecule has 0 fully saturated rings. The molecule has 8 aromatic carbocycles. The molecule has 1 atom stereocenters. The molecule has 5 heteroatoms. The Morgan fingerprint density at radius 2 is 1.10 bits per heavy atom. The van der Waals surface area contributed by atoms with Crippen LogP contribution in [0.2, 0.25) is 0 Å². The summed E-state index contributed by atoms with van der Waals surface area (Å²) < 4.78 is 12.4. The molecule has 1 unspecified atom stereocenters. The van der Waals surface area contributed by atoms with Gasteiger partial charge in [-0.15, -0.1) is 0 Å². The number of fused-ring (bicyclic) bond motifs is 8. The van der Waals surface area contributed by atoms with Crippen molar-refractivity contribution in [2.45, 2.75) is 6.17 Å². The van der Waals surface area contributed by atoms with Crippen LogP contribution in [0.25, 0.3) is 76.5 Å². The van der Waals surface area contributed by atoms with Gasteiger partial charge < -0.3 is 14.2 Å². The normalized spacial score (nSPS) is 14.7. The number of para-hydroxylation sites is 2. The first-order chi connectivity index (χ1) is 25.7. The van der Waals surface area contributed by atoms with Gasteiger partial charge in [-0.1, -0.05) is 109 Å². The van der Waals surface area contributed by atoms with E-state index in [0.717, 1.165) is 88.3 Å². The van der Waals surface area contributed by atoms with Crippen molar-refractivity contribution in [1.82, 2.24) is 5.32 Å². The highest BCUT2D eigenvalue weighted by Crippen LogP contribution is 2.38. The smallest absolute Gasteiger partial charge is 0.159 e. The minimum Gasteiger partial charge on any atom is -0.456 e. The zero-order valence-corrected chi connectivity index (χ0v) is 27.9. The number of nitrogens with zero attached hydrogens (tertiary/aromatic N) is 2. The van der Waals surface area contributed by atoms with Crippen LogP contribution in [0.1, 0.15) is 22.9 Å². The number of hydrogen-bond acceptors (Lipinski definition) is 5. The van der Waals surface area contributed by atoms with Gasteiger partial charge in [0.05, 0.1) is 0 Å². The molecule has 0 radical (unpaired) electrons. The van der Waals surface area contributed by atoms with Crippen molar-refractivity contribution in [3.8, 4) is 11.1 Å². The van der Waals surface area contributed by atoms with Crippen molar-refractivity contribution < 1.29 is 8.83 Å². The van der Waals surface area contributed by atoms with E-state index in [1.54, 1.807) is 0 Å². The molecular formula is C47H29N3O2. The predicted molar refractivity (Wildman–Crippen MR) is 213 cm³/mol. The van der Waals surface area contributed by atoms with E-state index < -0.39 is 0 Å². The van der Waals surface area contributed by atoms with Gasteiger partial charge >= 0.3 is 0 Å². The monoisotopic (exact) mass is 667 g/mol. The van der Waals surface area contributed by atoms with E-state index in [1.807, 2.05) is 42.5 Å². The predicted octanol–water partition coefficient (Wildman–Crippen LogP) is 12.0. The molecule has 2 aromatic heterocycles. The Bertz CT molecular complexity index is 3130. The molecule has 3 heterocycles. The van der Waals surface area contributed by atoms with E-state index in [0.29, 0.717) is 5.84 Å². The fourth-order valence-electron chi connectivity index (χ4n) is 7.72. The van der Waals surface area contributed by atoms with Crippen molar-refractivity contribution in [1.29, 1.82) is 0 Å². The summed E-state index contributed by atoms with van der Waals surface area (Å²) in [5.74, 6) is 1.45. The molecule has 0 saturated carbocycles. The Balaban J connectivity index is 1.05. The number of benzene rings is 8. The van der Waals surface area contributed by atoms with Crippen molar-refractivity contribution in [2.75, 3.05) is 0 Å². The van der Waals surface area contributed by atoms with Gasteiger partial charge in [-0.2, -0.15) is 0 Å². The molecule has 5 nitrogen and oxygen atoms in total.